The van der Waals surface area contributed by atoms with Gasteiger partial charge in [-0.15, -0.1) is 0 Å². The zero-order valence-corrected chi connectivity index (χ0v) is 10.2. The molecule has 2 rings (SSSR count). The summed E-state index contributed by atoms with van der Waals surface area (Å²) in [6.45, 7) is 2.12. The summed E-state index contributed by atoms with van der Waals surface area (Å²) in [4.78, 5) is 13.2. The molecule has 0 amide bonds. The Balaban J connectivity index is 2.38. The summed E-state index contributed by atoms with van der Waals surface area (Å²) < 4.78 is 0. The number of carbonyl (C=O) groups is 1. The minimum atomic E-state index is -0.929. The average Bonchev–Trinajstić information content (AvgIpc) is 3.10. The van der Waals surface area contributed by atoms with Crippen LogP contribution >= 0.6 is 0 Å². The van der Waals surface area contributed by atoms with Crippen LogP contribution in [0.25, 0.3) is 0 Å². The maximum atomic E-state index is 11.2. The van der Waals surface area contributed by atoms with Crippen molar-refractivity contribution in [3.63, 3.8) is 0 Å². The van der Waals surface area contributed by atoms with Crippen molar-refractivity contribution in [1.29, 1.82) is 0 Å². The van der Waals surface area contributed by atoms with Gasteiger partial charge >= 0.3 is 5.97 Å². The van der Waals surface area contributed by atoms with E-state index in [1.807, 2.05) is 11.9 Å². The first-order valence-corrected chi connectivity index (χ1v) is 5.87. The Morgan fingerprint density at radius 3 is 2.71 bits per heavy atom. The molecule has 1 aromatic carbocycles. The van der Waals surface area contributed by atoms with Gasteiger partial charge in [0, 0.05) is 13.1 Å². The highest BCUT2D eigenvalue weighted by Crippen LogP contribution is 2.38. The number of para-hydroxylation sites is 1. The SMILES string of the molecule is CC(C1CC1)N(C)c1c(N)cccc1C(=O)O. The third kappa shape index (κ3) is 2.20. The van der Waals surface area contributed by atoms with Crippen LogP contribution in [-0.2, 0) is 0 Å². The first-order valence-electron chi connectivity index (χ1n) is 5.87. The molecule has 0 spiro atoms. The van der Waals surface area contributed by atoms with E-state index in [0.717, 1.165) is 0 Å². The van der Waals surface area contributed by atoms with Crippen molar-refractivity contribution < 1.29 is 9.90 Å². The molecule has 4 nitrogen and oxygen atoms in total. The van der Waals surface area contributed by atoms with Crippen LogP contribution < -0.4 is 10.6 Å². The standard InChI is InChI=1S/C13H18N2O2/c1-8(9-6-7-9)15(2)12-10(13(16)17)4-3-5-11(12)14/h3-5,8-9H,6-7,14H2,1-2H3,(H,16,17). The number of nitrogen functional groups attached to an aromatic ring is 1. The van der Waals surface area contributed by atoms with Gasteiger partial charge in [0.1, 0.15) is 0 Å². The monoisotopic (exact) mass is 234 g/mol. The van der Waals surface area contributed by atoms with E-state index in [1.165, 1.54) is 12.8 Å². The summed E-state index contributed by atoms with van der Waals surface area (Å²) in [5, 5.41) is 9.19. The van der Waals surface area contributed by atoms with E-state index < -0.39 is 5.97 Å². The molecule has 0 saturated heterocycles. The summed E-state index contributed by atoms with van der Waals surface area (Å²) in [5.74, 6) is -0.261. The lowest BCUT2D eigenvalue weighted by Crippen LogP contribution is -2.32. The molecule has 1 atom stereocenters. The fraction of sp³-hybridized carbons (Fsp3) is 0.462. The molecule has 1 aliphatic carbocycles. The van der Waals surface area contributed by atoms with E-state index in [2.05, 4.69) is 6.92 Å². The predicted octanol–water partition coefficient (Wildman–Crippen LogP) is 2.20. The Morgan fingerprint density at radius 2 is 2.18 bits per heavy atom. The number of hydrogen-bond donors (Lipinski definition) is 2. The average molecular weight is 234 g/mol. The van der Waals surface area contributed by atoms with Crippen molar-refractivity contribution in [1.82, 2.24) is 0 Å². The second kappa shape index (κ2) is 4.28. The highest BCUT2D eigenvalue weighted by molar-refractivity contribution is 5.98. The fourth-order valence-electron chi connectivity index (χ4n) is 2.23. The second-order valence-electron chi connectivity index (χ2n) is 4.74. The smallest absolute Gasteiger partial charge is 0.337 e. The zero-order chi connectivity index (χ0) is 12.6. The molecule has 4 heteroatoms. The van der Waals surface area contributed by atoms with Crippen molar-refractivity contribution in [3.05, 3.63) is 23.8 Å². The van der Waals surface area contributed by atoms with Crippen molar-refractivity contribution in [2.24, 2.45) is 5.92 Å². The van der Waals surface area contributed by atoms with Crippen LogP contribution in [0.1, 0.15) is 30.1 Å². The molecule has 0 radical (unpaired) electrons. The summed E-state index contributed by atoms with van der Waals surface area (Å²) in [7, 11) is 1.92. The topological polar surface area (TPSA) is 66.6 Å². The fourth-order valence-corrected chi connectivity index (χ4v) is 2.23. The maximum absolute atomic E-state index is 11.2. The van der Waals surface area contributed by atoms with Gasteiger partial charge in [-0.3, -0.25) is 0 Å². The van der Waals surface area contributed by atoms with Crippen molar-refractivity contribution in [2.45, 2.75) is 25.8 Å². The number of carboxylic acids is 1. The van der Waals surface area contributed by atoms with E-state index >= 15 is 0 Å². The van der Waals surface area contributed by atoms with Crippen molar-refractivity contribution in [3.8, 4) is 0 Å². The van der Waals surface area contributed by atoms with Crippen molar-refractivity contribution >= 4 is 17.3 Å². The molecule has 1 fully saturated rings. The number of anilines is 2. The van der Waals surface area contributed by atoms with E-state index in [-0.39, 0.29) is 5.56 Å². The lowest BCUT2D eigenvalue weighted by atomic mass is 10.1. The van der Waals surface area contributed by atoms with Gasteiger partial charge in [0.25, 0.3) is 0 Å². The minimum Gasteiger partial charge on any atom is -0.478 e. The van der Waals surface area contributed by atoms with E-state index in [4.69, 9.17) is 5.73 Å². The molecule has 92 valence electrons. The van der Waals surface area contributed by atoms with Crippen LogP contribution in [0.15, 0.2) is 18.2 Å². The van der Waals surface area contributed by atoms with E-state index in [0.29, 0.717) is 23.3 Å². The van der Waals surface area contributed by atoms with E-state index in [9.17, 15) is 9.90 Å². The number of aromatic carboxylic acids is 1. The Hall–Kier alpha value is -1.71. The normalized spacial score (nSPS) is 16.6. The molecule has 1 unspecified atom stereocenters. The van der Waals surface area contributed by atoms with Crippen LogP contribution in [0, 0.1) is 5.92 Å². The zero-order valence-electron chi connectivity index (χ0n) is 10.2. The summed E-state index contributed by atoms with van der Waals surface area (Å²) in [5.41, 5.74) is 7.36. The number of rotatable bonds is 4. The molecule has 1 aromatic rings. The number of carboxylic acid groups (broad SMARTS) is 1. The van der Waals surface area contributed by atoms with Gasteiger partial charge in [0.05, 0.1) is 16.9 Å². The van der Waals surface area contributed by atoms with Gasteiger partial charge < -0.3 is 15.7 Å². The molecule has 3 N–H and O–H groups in total. The van der Waals surface area contributed by atoms with Crippen LogP contribution in [0.5, 0.6) is 0 Å². The molecule has 0 bridgehead atoms. The highest BCUT2D eigenvalue weighted by Gasteiger charge is 2.32. The Bertz CT molecular complexity index is 441. The maximum Gasteiger partial charge on any atom is 0.337 e. The first-order chi connectivity index (χ1) is 8.02. The molecule has 1 aliphatic rings. The molecule has 1 saturated carbocycles. The molecule has 0 aliphatic heterocycles. The van der Waals surface area contributed by atoms with Crippen LogP contribution in [0.3, 0.4) is 0 Å². The lowest BCUT2D eigenvalue weighted by Gasteiger charge is -2.29. The van der Waals surface area contributed by atoms with Crippen LogP contribution in [-0.4, -0.2) is 24.2 Å². The van der Waals surface area contributed by atoms with Crippen LogP contribution in [0.2, 0.25) is 0 Å². The quantitative estimate of drug-likeness (QED) is 0.784. The second-order valence-corrected chi connectivity index (χ2v) is 4.74. The van der Waals surface area contributed by atoms with Gasteiger partial charge in [-0.25, -0.2) is 4.79 Å². The van der Waals surface area contributed by atoms with Gasteiger partial charge in [-0.2, -0.15) is 0 Å². The van der Waals surface area contributed by atoms with Gasteiger partial charge in [0.2, 0.25) is 0 Å². The summed E-state index contributed by atoms with van der Waals surface area (Å²) >= 11 is 0. The predicted molar refractivity (Wildman–Crippen MR) is 68.4 cm³/mol. The molecular weight excluding hydrogens is 216 g/mol. The molecule has 0 heterocycles. The Morgan fingerprint density at radius 1 is 1.53 bits per heavy atom. The lowest BCUT2D eigenvalue weighted by molar-refractivity contribution is 0.0697. The minimum absolute atomic E-state index is 0.278. The third-order valence-electron chi connectivity index (χ3n) is 3.57. The molecule has 17 heavy (non-hydrogen) atoms. The van der Waals surface area contributed by atoms with Gasteiger partial charge in [-0.1, -0.05) is 6.07 Å². The molecule has 0 aromatic heterocycles. The van der Waals surface area contributed by atoms with Crippen LogP contribution in [0.4, 0.5) is 11.4 Å². The number of benzene rings is 1. The molecular formula is C13H18N2O2. The van der Waals surface area contributed by atoms with E-state index in [1.54, 1.807) is 18.2 Å². The van der Waals surface area contributed by atoms with Crippen molar-refractivity contribution in [2.75, 3.05) is 17.7 Å². The number of nitrogens with two attached hydrogens (primary N) is 1. The Kier molecular flexibility index (Phi) is 2.96. The Labute approximate surface area is 101 Å². The third-order valence-corrected chi connectivity index (χ3v) is 3.57. The summed E-state index contributed by atoms with van der Waals surface area (Å²) in [6.07, 6.45) is 2.45. The highest BCUT2D eigenvalue weighted by atomic mass is 16.4. The number of hydrogen-bond acceptors (Lipinski definition) is 3. The number of nitrogens with zero attached hydrogens (tertiary/aromatic N) is 1. The summed E-state index contributed by atoms with van der Waals surface area (Å²) in [6, 6.07) is 5.36. The van der Waals surface area contributed by atoms with Gasteiger partial charge in [-0.05, 0) is 37.8 Å². The largest absolute Gasteiger partial charge is 0.478 e. The van der Waals surface area contributed by atoms with Gasteiger partial charge in [0.15, 0.2) is 0 Å². The first kappa shape index (κ1) is 11.8.